The number of likely N-dealkylation sites (tertiary alicyclic amines) is 1. The van der Waals surface area contributed by atoms with Gasteiger partial charge in [-0.1, -0.05) is 6.92 Å². The Morgan fingerprint density at radius 1 is 1.16 bits per heavy atom. The van der Waals surface area contributed by atoms with E-state index in [1.54, 1.807) is 21.3 Å². The van der Waals surface area contributed by atoms with E-state index in [-0.39, 0.29) is 0 Å². The summed E-state index contributed by atoms with van der Waals surface area (Å²) in [4.78, 5) is 1.47. The van der Waals surface area contributed by atoms with Crippen molar-refractivity contribution in [1.29, 1.82) is 0 Å². The third-order valence-corrected chi connectivity index (χ3v) is 4.69. The van der Waals surface area contributed by atoms with Gasteiger partial charge in [0.25, 0.3) is 0 Å². The van der Waals surface area contributed by atoms with Crippen LogP contribution in [0.25, 0.3) is 0 Å². The van der Waals surface area contributed by atoms with Crippen molar-refractivity contribution < 1.29 is 29.0 Å². The fourth-order valence-electron chi connectivity index (χ4n) is 3.51. The fourth-order valence-corrected chi connectivity index (χ4v) is 3.51. The lowest BCUT2D eigenvalue weighted by atomic mass is 10.0. The summed E-state index contributed by atoms with van der Waals surface area (Å²) in [6.07, 6.45) is 2.11. The van der Waals surface area contributed by atoms with Crippen molar-refractivity contribution in [2.45, 2.75) is 32.5 Å². The fraction of sp³-hybridized carbons (Fsp3) is 0.684. The van der Waals surface area contributed by atoms with E-state index in [9.17, 15) is 5.11 Å². The Kier molecular flexibility index (Phi) is 7.81. The van der Waals surface area contributed by atoms with Gasteiger partial charge in [-0.2, -0.15) is 0 Å². The highest BCUT2D eigenvalue weighted by atomic mass is 16.5. The highest BCUT2D eigenvalue weighted by Crippen LogP contribution is 2.38. The SMILES string of the molecule is COc1cc(COC[C@@H](O)C[NH+]2CCC[C@@H](C)C2)cc(OC)c1OC. The molecule has 1 heterocycles. The lowest BCUT2D eigenvalue weighted by Crippen LogP contribution is -3.14. The molecule has 0 spiro atoms. The normalized spacial score (nSPS) is 21.6. The standard InChI is InChI=1S/C19H31NO5/c1-14-6-5-7-20(10-14)11-16(21)13-25-12-15-8-17(22-2)19(24-4)18(9-15)23-3/h8-9,14,16,21H,5-7,10-13H2,1-4H3/p+1/t14-,16+/m1/s1. The van der Waals surface area contributed by atoms with Crippen LogP contribution in [0.3, 0.4) is 0 Å². The number of aliphatic hydroxyl groups excluding tert-OH is 1. The highest BCUT2D eigenvalue weighted by molar-refractivity contribution is 5.53. The number of nitrogens with one attached hydrogen (secondary N) is 1. The Hall–Kier alpha value is -1.50. The monoisotopic (exact) mass is 354 g/mol. The Bertz CT molecular complexity index is 512. The third kappa shape index (κ3) is 5.76. The smallest absolute Gasteiger partial charge is 0.203 e. The summed E-state index contributed by atoms with van der Waals surface area (Å²) in [5.41, 5.74) is 0.917. The van der Waals surface area contributed by atoms with Crippen LogP contribution in [0.2, 0.25) is 0 Å². The van der Waals surface area contributed by atoms with Crippen molar-refractivity contribution in [1.82, 2.24) is 0 Å². The van der Waals surface area contributed by atoms with Gasteiger partial charge < -0.3 is 29.0 Å². The summed E-state index contributed by atoms with van der Waals surface area (Å²) in [5.74, 6) is 2.52. The Morgan fingerprint density at radius 3 is 2.40 bits per heavy atom. The minimum Gasteiger partial charge on any atom is -0.493 e. The van der Waals surface area contributed by atoms with Crippen molar-refractivity contribution in [2.75, 3.05) is 47.6 Å². The number of methoxy groups -OCH3 is 3. The Balaban J connectivity index is 1.84. The van der Waals surface area contributed by atoms with Crippen LogP contribution in [-0.4, -0.2) is 58.8 Å². The van der Waals surface area contributed by atoms with Crippen LogP contribution in [0.15, 0.2) is 12.1 Å². The molecule has 0 aromatic heterocycles. The van der Waals surface area contributed by atoms with E-state index in [1.807, 2.05) is 12.1 Å². The second kappa shape index (κ2) is 9.85. The van der Waals surface area contributed by atoms with Gasteiger partial charge in [-0.15, -0.1) is 0 Å². The predicted molar refractivity (Wildman–Crippen MR) is 95.7 cm³/mol. The number of piperidine rings is 1. The first-order valence-electron chi connectivity index (χ1n) is 8.95. The van der Waals surface area contributed by atoms with E-state index >= 15 is 0 Å². The Labute approximate surface area is 150 Å². The number of benzene rings is 1. The maximum atomic E-state index is 10.2. The summed E-state index contributed by atoms with van der Waals surface area (Å²) < 4.78 is 21.7. The number of quaternary nitrogens is 1. The molecule has 1 aromatic carbocycles. The van der Waals surface area contributed by atoms with Crippen molar-refractivity contribution >= 4 is 0 Å². The van der Waals surface area contributed by atoms with Crippen LogP contribution in [0.4, 0.5) is 0 Å². The second-order valence-corrected chi connectivity index (χ2v) is 6.86. The van der Waals surface area contributed by atoms with Gasteiger partial charge in [-0.25, -0.2) is 0 Å². The van der Waals surface area contributed by atoms with Gasteiger partial charge in [0, 0.05) is 5.92 Å². The average Bonchev–Trinajstić information content (AvgIpc) is 2.60. The summed E-state index contributed by atoms with van der Waals surface area (Å²) in [5, 5.41) is 10.2. The minimum atomic E-state index is -0.442. The molecule has 3 atom stereocenters. The molecule has 142 valence electrons. The second-order valence-electron chi connectivity index (χ2n) is 6.86. The van der Waals surface area contributed by atoms with Crippen molar-refractivity contribution in [3.8, 4) is 17.2 Å². The van der Waals surface area contributed by atoms with Crippen LogP contribution in [-0.2, 0) is 11.3 Å². The van der Waals surface area contributed by atoms with E-state index in [2.05, 4.69) is 6.92 Å². The molecule has 2 rings (SSSR count). The quantitative estimate of drug-likeness (QED) is 0.690. The topological polar surface area (TPSA) is 61.6 Å². The molecule has 6 heteroatoms. The zero-order valence-electron chi connectivity index (χ0n) is 15.8. The molecule has 6 nitrogen and oxygen atoms in total. The molecule has 1 fully saturated rings. The van der Waals surface area contributed by atoms with Crippen LogP contribution in [0.1, 0.15) is 25.3 Å². The minimum absolute atomic E-state index is 0.328. The van der Waals surface area contributed by atoms with Gasteiger partial charge in [0.15, 0.2) is 11.5 Å². The summed E-state index contributed by atoms with van der Waals surface area (Å²) in [6.45, 7) is 6.04. The van der Waals surface area contributed by atoms with Gasteiger partial charge in [0.1, 0.15) is 12.6 Å². The molecule has 0 radical (unpaired) electrons. The predicted octanol–water partition coefficient (Wildman–Crippen LogP) is 0.905. The molecule has 25 heavy (non-hydrogen) atoms. The molecular weight excluding hydrogens is 322 g/mol. The average molecular weight is 354 g/mol. The van der Waals surface area contributed by atoms with E-state index in [0.29, 0.717) is 30.5 Å². The van der Waals surface area contributed by atoms with E-state index < -0.39 is 6.10 Å². The van der Waals surface area contributed by atoms with Gasteiger partial charge in [-0.3, -0.25) is 0 Å². The zero-order chi connectivity index (χ0) is 18.2. The molecule has 0 bridgehead atoms. The van der Waals surface area contributed by atoms with Gasteiger partial charge >= 0.3 is 0 Å². The molecule has 1 saturated heterocycles. The number of hydrogen-bond acceptors (Lipinski definition) is 5. The van der Waals surface area contributed by atoms with E-state index in [0.717, 1.165) is 31.1 Å². The molecule has 0 amide bonds. The van der Waals surface area contributed by atoms with Crippen molar-refractivity contribution in [2.24, 2.45) is 5.92 Å². The first-order valence-corrected chi connectivity index (χ1v) is 8.95. The van der Waals surface area contributed by atoms with Crippen molar-refractivity contribution in [3.05, 3.63) is 17.7 Å². The number of aliphatic hydroxyl groups is 1. The van der Waals surface area contributed by atoms with Gasteiger partial charge in [0.2, 0.25) is 5.75 Å². The molecule has 0 saturated carbocycles. The number of hydrogen-bond donors (Lipinski definition) is 2. The maximum Gasteiger partial charge on any atom is 0.203 e. The number of ether oxygens (including phenoxy) is 4. The van der Waals surface area contributed by atoms with E-state index in [1.165, 1.54) is 17.7 Å². The lowest BCUT2D eigenvalue weighted by Gasteiger charge is -2.29. The highest BCUT2D eigenvalue weighted by Gasteiger charge is 2.22. The summed E-state index contributed by atoms with van der Waals surface area (Å²) in [7, 11) is 4.76. The molecule has 1 aliphatic heterocycles. The van der Waals surface area contributed by atoms with Crippen LogP contribution in [0.5, 0.6) is 17.2 Å². The molecule has 1 unspecified atom stereocenters. The lowest BCUT2D eigenvalue weighted by molar-refractivity contribution is -0.911. The summed E-state index contributed by atoms with van der Waals surface area (Å²) >= 11 is 0. The number of rotatable bonds is 9. The largest absolute Gasteiger partial charge is 0.493 e. The molecule has 1 aromatic rings. The Morgan fingerprint density at radius 2 is 1.84 bits per heavy atom. The molecule has 1 aliphatic rings. The van der Waals surface area contributed by atoms with E-state index in [4.69, 9.17) is 18.9 Å². The third-order valence-electron chi connectivity index (χ3n) is 4.69. The molecule has 0 aliphatic carbocycles. The molecule has 2 N–H and O–H groups in total. The van der Waals surface area contributed by atoms with Gasteiger partial charge in [-0.05, 0) is 30.5 Å². The zero-order valence-corrected chi connectivity index (χ0v) is 15.8. The summed E-state index contributed by atoms with van der Waals surface area (Å²) in [6, 6.07) is 3.73. The maximum absolute atomic E-state index is 10.2. The first-order chi connectivity index (χ1) is 12.1. The molecular formula is C19H32NO5+. The first kappa shape index (κ1) is 19.8. The van der Waals surface area contributed by atoms with Crippen LogP contribution >= 0.6 is 0 Å². The van der Waals surface area contributed by atoms with Crippen molar-refractivity contribution in [3.63, 3.8) is 0 Å². The van der Waals surface area contributed by atoms with Crippen LogP contribution in [0, 0.1) is 5.92 Å². The van der Waals surface area contributed by atoms with Gasteiger partial charge in [0.05, 0.1) is 47.6 Å². The van der Waals surface area contributed by atoms with Crippen LogP contribution < -0.4 is 19.1 Å².